The van der Waals surface area contributed by atoms with Gasteiger partial charge in [-0.3, -0.25) is 4.79 Å². The minimum absolute atomic E-state index is 0.0834. The number of aromatic nitrogens is 4. The van der Waals surface area contributed by atoms with E-state index in [4.69, 9.17) is 19.7 Å². The molecule has 2 atom stereocenters. The molecule has 5 N–H and O–H groups in total. The lowest BCUT2D eigenvalue weighted by Crippen LogP contribution is -2.42. The number of aliphatic carboxylic acids is 1. The maximum Gasteiger partial charge on any atom is 0.321 e. The number of benzene rings is 2. The molecule has 0 amide bonds. The number of primary sulfonamides is 1. The van der Waals surface area contributed by atoms with Gasteiger partial charge in [0.1, 0.15) is 36.4 Å². The summed E-state index contributed by atoms with van der Waals surface area (Å²) < 4.78 is 36.5. The molecule has 0 fully saturated rings. The Labute approximate surface area is 241 Å². The zero-order valence-corrected chi connectivity index (χ0v) is 24.1. The van der Waals surface area contributed by atoms with Crippen LogP contribution in [0.15, 0.2) is 53.0 Å². The number of carbonyl (C=O) groups is 1. The van der Waals surface area contributed by atoms with Crippen LogP contribution in [-0.4, -0.2) is 70.4 Å². The van der Waals surface area contributed by atoms with Gasteiger partial charge in [-0.25, -0.2) is 23.2 Å². The second-order valence-electron chi connectivity index (χ2n) is 9.66. The molecule has 0 unspecified atom stereocenters. The van der Waals surface area contributed by atoms with Crippen LogP contribution < -0.4 is 19.9 Å². The van der Waals surface area contributed by atoms with E-state index >= 15 is 0 Å². The molecule has 0 saturated heterocycles. The Morgan fingerprint density at radius 1 is 1.15 bits per heavy atom. The third kappa shape index (κ3) is 8.20. The Bertz CT molecular complexity index is 1570. The molecule has 2 aromatic carbocycles. The van der Waals surface area contributed by atoms with E-state index in [9.17, 15) is 18.3 Å². The SMILES string of the molecule is CC(C)[C@@H](CN[C@@H](Cc1ccc(OCCO)cc1)C(=O)O)n1cc(COc2ccc3nc(S(N)(=O)=O)sc3c2)nn1. The smallest absolute Gasteiger partial charge is 0.321 e. The van der Waals surface area contributed by atoms with Crippen molar-refractivity contribution in [2.24, 2.45) is 11.1 Å². The molecule has 4 aromatic rings. The Kier molecular flexibility index (Phi) is 9.88. The van der Waals surface area contributed by atoms with Crippen molar-refractivity contribution in [1.82, 2.24) is 25.3 Å². The van der Waals surface area contributed by atoms with Gasteiger partial charge in [-0.2, -0.15) is 0 Å². The lowest BCUT2D eigenvalue weighted by atomic mass is 10.0. The highest BCUT2D eigenvalue weighted by Crippen LogP contribution is 2.28. The first-order valence-electron chi connectivity index (χ1n) is 12.8. The second kappa shape index (κ2) is 13.4. The van der Waals surface area contributed by atoms with Crippen LogP contribution in [0.25, 0.3) is 10.2 Å². The molecule has 220 valence electrons. The topological polar surface area (TPSA) is 192 Å². The monoisotopic (exact) mass is 604 g/mol. The van der Waals surface area contributed by atoms with Crippen LogP contribution in [0.5, 0.6) is 11.5 Å². The van der Waals surface area contributed by atoms with E-state index in [1.165, 1.54) is 0 Å². The van der Waals surface area contributed by atoms with Gasteiger partial charge in [0, 0.05) is 6.54 Å². The second-order valence-corrected chi connectivity index (χ2v) is 12.4. The largest absolute Gasteiger partial charge is 0.491 e. The molecule has 15 heteroatoms. The molecule has 0 saturated carbocycles. The summed E-state index contributed by atoms with van der Waals surface area (Å²) in [7, 11) is -3.88. The van der Waals surface area contributed by atoms with E-state index in [2.05, 4.69) is 20.6 Å². The molecule has 13 nitrogen and oxygen atoms in total. The fourth-order valence-corrected chi connectivity index (χ4v) is 5.74. The third-order valence-electron chi connectivity index (χ3n) is 6.23. The maximum atomic E-state index is 12.0. The van der Waals surface area contributed by atoms with Crippen LogP contribution in [-0.2, 0) is 27.8 Å². The van der Waals surface area contributed by atoms with E-state index in [0.29, 0.717) is 34.0 Å². The van der Waals surface area contributed by atoms with Crippen LogP contribution in [0.1, 0.15) is 31.1 Å². The predicted molar refractivity (Wildman–Crippen MR) is 151 cm³/mol. The Morgan fingerprint density at radius 3 is 2.54 bits per heavy atom. The van der Waals surface area contributed by atoms with Crippen molar-refractivity contribution < 1.29 is 32.9 Å². The van der Waals surface area contributed by atoms with Crippen LogP contribution in [0.3, 0.4) is 0 Å². The zero-order chi connectivity index (χ0) is 29.6. The zero-order valence-electron chi connectivity index (χ0n) is 22.5. The first kappa shape index (κ1) is 30.3. The predicted octanol–water partition coefficient (Wildman–Crippen LogP) is 1.97. The molecule has 0 bridgehead atoms. The summed E-state index contributed by atoms with van der Waals surface area (Å²) in [5.74, 6) is 0.275. The van der Waals surface area contributed by atoms with Crippen LogP contribution in [0, 0.1) is 5.92 Å². The fraction of sp³-hybridized carbons (Fsp3) is 0.385. The number of aliphatic hydroxyl groups is 1. The summed E-state index contributed by atoms with van der Waals surface area (Å²) in [6.45, 7) is 4.62. The van der Waals surface area contributed by atoms with E-state index in [1.807, 2.05) is 13.8 Å². The number of hydrogen-bond acceptors (Lipinski definition) is 11. The number of nitrogens with two attached hydrogens (primary N) is 1. The fourth-order valence-electron chi connectivity index (χ4n) is 4.06. The third-order valence-corrected chi connectivity index (χ3v) is 8.57. The number of sulfonamides is 1. The Morgan fingerprint density at radius 2 is 1.88 bits per heavy atom. The number of nitrogens with one attached hydrogen (secondary N) is 1. The maximum absolute atomic E-state index is 12.0. The van der Waals surface area contributed by atoms with Crippen molar-refractivity contribution in [3.8, 4) is 11.5 Å². The minimum Gasteiger partial charge on any atom is -0.491 e. The van der Waals surface area contributed by atoms with Crippen LogP contribution >= 0.6 is 11.3 Å². The number of ether oxygens (including phenoxy) is 2. The van der Waals surface area contributed by atoms with Gasteiger partial charge < -0.3 is 25.0 Å². The van der Waals surface area contributed by atoms with Crippen molar-refractivity contribution in [3.63, 3.8) is 0 Å². The van der Waals surface area contributed by atoms with E-state index < -0.39 is 22.0 Å². The van der Waals surface area contributed by atoms with Gasteiger partial charge in [0.15, 0.2) is 0 Å². The quantitative estimate of drug-likeness (QED) is 0.155. The molecule has 2 heterocycles. The molecule has 0 radical (unpaired) electrons. The highest BCUT2D eigenvalue weighted by atomic mass is 32.2. The first-order valence-corrected chi connectivity index (χ1v) is 15.2. The average Bonchev–Trinajstić information content (AvgIpc) is 3.57. The molecular weight excluding hydrogens is 572 g/mol. The summed E-state index contributed by atoms with van der Waals surface area (Å²) in [6, 6.07) is 11.1. The van der Waals surface area contributed by atoms with Gasteiger partial charge in [0.2, 0.25) is 4.34 Å². The van der Waals surface area contributed by atoms with Gasteiger partial charge in [-0.1, -0.05) is 31.2 Å². The van der Waals surface area contributed by atoms with Crippen molar-refractivity contribution in [1.29, 1.82) is 0 Å². The molecule has 41 heavy (non-hydrogen) atoms. The number of hydrogen-bond donors (Lipinski definition) is 4. The normalized spacial score (nSPS) is 13.4. The van der Waals surface area contributed by atoms with Crippen LogP contribution in [0.4, 0.5) is 0 Å². The number of fused-ring (bicyclic) bond motifs is 1. The highest BCUT2D eigenvalue weighted by molar-refractivity contribution is 7.91. The summed E-state index contributed by atoms with van der Waals surface area (Å²) in [4.78, 5) is 16.0. The van der Waals surface area contributed by atoms with Gasteiger partial charge in [0.05, 0.1) is 29.1 Å². The number of nitrogens with zero attached hydrogens (tertiary/aromatic N) is 4. The number of aliphatic hydroxyl groups excluding tert-OH is 1. The lowest BCUT2D eigenvalue weighted by molar-refractivity contribution is -0.139. The minimum atomic E-state index is -3.88. The van der Waals surface area contributed by atoms with Crippen molar-refractivity contribution in [2.75, 3.05) is 19.8 Å². The molecule has 0 spiro atoms. The molecule has 2 aromatic heterocycles. The Balaban J connectivity index is 1.36. The molecule has 4 rings (SSSR count). The summed E-state index contributed by atoms with van der Waals surface area (Å²) >= 11 is 0.966. The number of rotatable bonds is 15. The van der Waals surface area contributed by atoms with Gasteiger partial charge in [0.25, 0.3) is 10.0 Å². The standard InChI is InChI=1S/C26H32N6O7S2/c1-16(2)23(13-28-22(25(34)35)11-17-3-5-19(6-4-17)38-10-9-33)32-14-18(30-31-32)15-39-20-7-8-21-24(12-20)40-26(29-21)41(27,36)37/h3-8,12,14,16,22-23,28,33H,9-11,13,15H2,1-2H3,(H,34,35)(H2,27,36,37)/t22-,23+/m0/s1. The summed E-state index contributed by atoms with van der Waals surface area (Å²) in [5.41, 5.74) is 1.91. The van der Waals surface area contributed by atoms with Crippen molar-refractivity contribution in [2.45, 2.75) is 43.3 Å². The number of thiazole rings is 1. The van der Waals surface area contributed by atoms with E-state index in [-0.39, 0.29) is 42.5 Å². The molecule has 0 aliphatic carbocycles. The average molecular weight is 605 g/mol. The first-order chi connectivity index (χ1) is 19.5. The van der Waals surface area contributed by atoms with Crippen molar-refractivity contribution >= 4 is 37.5 Å². The van der Waals surface area contributed by atoms with Gasteiger partial charge >= 0.3 is 5.97 Å². The molecular formula is C26H32N6O7S2. The van der Waals surface area contributed by atoms with Gasteiger partial charge in [-0.05, 0) is 48.2 Å². The van der Waals surface area contributed by atoms with Crippen LogP contribution in [0.2, 0.25) is 0 Å². The van der Waals surface area contributed by atoms with E-state index in [1.54, 1.807) is 53.3 Å². The lowest BCUT2D eigenvalue weighted by Gasteiger charge is -2.24. The highest BCUT2D eigenvalue weighted by Gasteiger charge is 2.23. The molecule has 0 aliphatic heterocycles. The van der Waals surface area contributed by atoms with Gasteiger partial charge in [-0.15, -0.1) is 16.4 Å². The van der Waals surface area contributed by atoms with E-state index in [0.717, 1.165) is 16.9 Å². The Hall–Kier alpha value is -3.63. The summed E-state index contributed by atoms with van der Waals surface area (Å²) in [6.07, 6.45) is 2.04. The number of carboxylic acid groups (broad SMARTS) is 1. The number of carboxylic acids is 1. The van der Waals surface area contributed by atoms with Crippen molar-refractivity contribution in [3.05, 3.63) is 59.9 Å². The molecule has 0 aliphatic rings. The summed E-state index contributed by atoms with van der Waals surface area (Å²) in [5, 5.41) is 35.5.